The van der Waals surface area contributed by atoms with Crippen molar-refractivity contribution in [2.24, 2.45) is 5.73 Å². The maximum atomic E-state index is 13.1. The Balaban J connectivity index is 2.85. The van der Waals surface area contributed by atoms with Gasteiger partial charge in [0.05, 0.1) is 0 Å². The van der Waals surface area contributed by atoms with Crippen molar-refractivity contribution in [1.82, 2.24) is 4.90 Å². The number of amides is 1. The van der Waals surface area contributed by atoms with Crippen molar-refractivity contribution in [2.75, 3.05) is 13.6 Å². The fraction of sp³-hybridized carbons (Fsp3) is 0.462. The Kier molecular flexibility index (Phi) is 4.63. The molecule has 0 saturated heterocycles. The van der Waals surface area contributed by atoms with Crippen LogP contribution in [0.3, 0.4) is 0 Å². The van der Waals surface area contributed by atoms with Gasteiger partial charge in [-0.3, -0.25) is 4.79 Å². The average Bonchev–Trinajstić information content (AvgIpc) is 2.31. The second kappa shape index (κ2) is 5.77. The highest BCUT2D eigenvalue weighted by Gasteiger charge is 2.17. The molecule has 0 aliphatic carbocycles. The number of nitrogens with zero attached hydrogens (tertiary/aromatic N) is 1. The van der Waals surface area contributed by atoms with Crippen LogP contribution in [0.1, 0.15) is 29.3 Å². The van der Waals surface area contributed by atoms with Crippen LogP contribution in [0.2, 0.25) is 0 Å². The number of halogens is 1. The summed E-state index contributed by atoms with van der Waals surface area (Å²) in [7, 11) is 1.74. The molecule has 1 aromatic rings. The number of carbonyl (C=O) groups excluding carboxylic acids is 1. The second-order valence-corrected chi connectivity index (χ2v) is 4.31. The van der Waals surface area contributed by atoms with Crippen LogP contribution in [-0.4, -0.2) is 30.4 Å². The molecule has 0 fully saturated rings. The summed E-state index contributed by atoms with van der Waals surface area (Å²) >= 11 is 0. The van der Waals surface area contributed by atoms with E-state index < -0.39 is 0 Å². The molecule has 1 amide bonds. The number of hydrogen-bond donors (Lipinski definition) is 1. The summed E-state index contributed by atoms with van der Waals surface area (Å²) in [5.74, 6) is -0.395. The van der Waals surface area contributed by atoms with E-state index in [0.29, 0.717) is 17.7 Å². The van der Waals surface area contributed by atoms with Crippen LogP contribution in [0, 0.1) is 12.7 Å². The first-order valence-electron chi connectivity index (χ1n) is 5.70. The lowest BCUT2D eigenvalue weighted by Gasteiger charge is -2.24. The summed E-state index contributed by atoms with van der Waals surface area (Å²) in [4.78, 5) is 13.7. The molecule has 2 N–H and O–H groups in total. The van der Waals surface area contributed by atoms with Crippen LogP contribution < -0.4 is 5.73 Å². The van der Waals surface area contributed by atoms with E-state index in [1.165, 1.54) is 12.1 Å². The topological polar surface area (TPSA) is 46.3 Å². The first-order valence-corrected chi connectivity index (χ1v) is 5.70. The van der Waals surface area contributed by atoms with Crippen molar-refractivity contribution in [3.8, 4) is 0 Å². The van der Waals surface area contributed by atoms with Crippen LogP contribution in [0.15, 0.2) is 18.2 Å². The normalized spacial score (nSPS) is 12.3. The smallest absolute Gasteiger partial charge is 0.253 e. The number of hydrogen-bond acceptors (Lipinski definition) is 2. The Morgan fingerprint density at radius 1 is 1.53 bits per heavy atom. The standard InChI is InChI=1S/C13H19FN2O/c1-9-8-11(4-5-12(9)14)13(17)16(3)10(2)6-7-15/h4-5,8,10H,6-7,15H2,1-3H3. The summed E-state index contributed by atoms with van der Waals surface area (Å²) in [5.41, 5.74) is 6.45. The van der Waals surface area contributed by atoms with Gasteiger partial charge in [-0.15, -0.1) is 0 Å². The van der Waals surface area contributed by atoms with Crippen LogP contribution in [0.4, 0.5) is 4.39 Å². The Morgan fingerprint density at radius 2 is 2.18 bits per heavy atom. The van der Waals surface area contributed by atoms with Crippen LogP contribution in [0.5, 0.6) is 0 Å². The van der Waals surface area contributed by atoms with Crippen molar-refractivity contribution in [3.05, 3.63) is 35.1 Å². The molecular formula is C13H19FN2O. The predicted octanol–water partition coefficient (Wildman–Crippen LogP) is 1.94. The minimum Gasteiger partial charge on any atom is -0.339 e. The first kappa shape index (κ1) is 13.6. The van der Waals surface area contributed by atoms with E-state index in [0.717, 1.165) is 6.42 Å². The lowest BCUT2D eigenvalue weighted by atomic mass is 10.1. The number of nitrogens with two attached hydrogens (primary N) is 1. The van der Waals surface area contributed by atoms with Gasteiger partial charge in [-0.05, 0) is 50.6 Å². The van der Waals surface area contributed by atoms with Crippen LogP contribution in [-0.2, 0) is 0 Å². The van der Waals surface area contributed by atoms with Crippen molar-refractivity contribution < 1.29 is 9.18 Å². The van der Waals surface area contributed by atoms with Crippen molar-refractivity contribution in [1.29, 1.82) is 0 Å². The van der Waals surface area contributed by atoms with Crippen molar-refractivity contribution in [2.45, 2.75) is 26.3 Å². The van der Waals surface area contributed by atoms with Crippen molar-refractivity contribution >= 4 is 5.91 Å². The van der Waals surface area contributed by atoms with E-state index in [9.17, 15) is 9.18 Å². The zero-order valence-corrected chi connectivity index (χ0v) is 10.5. The highest BCUT2D eigenvalue weighted by molar-refractivity contribution is 5.94. The number of benzene rings is 1. The molecule has 0 aliphatic rings. The van der Waals surface area contributed by atoms with Gasteiger partial charge in [-0.2, -0.15) is 0 Å². The number of carbonyl (C=O) groups is 1. The summed E-state index contributed by atoms with van der Waals surface area (Å²) < 4.78 is 13.1. The Bertz CT molecular complexity index is 406. The molecule has 3 nitrogen and oxygen atoms in total. The predicted molar refractivity (Wildman–Crippen MR) is 66.4 cm³/mol. The summed E-state index contributed by atoms with van der Waals surface area (Å²) in [5, 5.41) is 0. The van der Waals surface area contributed by atoms with E-state index in [2.05, 4.69) is 0 Å². The Hall–Kier alpha value is -1.42. The van der Waals surface area contributed by atoms with Crippen LogP contribution >= 0.6 is 0 Å². The molecule has 0 aromatic heterocycles. The maximum Gasteiger partial charge on any atom is 0.253 e. The van der Waals surface area contributed by atoms with E-state index >= 15 is 0 Å². The van der Waals surface area contributed by atoms with E-state index in [4.69, 9.17) is 5.73 Å². The molecule has 0 radical (unpaired) electrons. The molecule has 1 rings (SSSR count). The average molecular weight is 238 g/mol. The molecule has 0 heterocycles. The van der Waals surface area contributed by atoms with Crippen molar-refractivity contribution in [3.63, 3.8) is 0 Å². The SMILES string of the molecule is Cc1cc(C(=O)N(C)C(C)CCN)ccc1F. The number of rotatable bonds is 4. The minimum absolute atomic E-state index is 0.0814. The zero-order valence-electron chi connectivity index (χ0n) is 10.5. The van der Waals surface area contributed by atoms with Crippen LogP contribution in [0.25, 0.3) is 0 Å². The zero-order chi connectivity index (χ0) is 13.0. The molecule has 0 aliphatic heterocycles. The second-order valence-electron chi connectivity index (χ2n) is 4.31. The molecule has 4 heteroatoms. The monoisotopic (exact) mass is 238 g/mol. The van der Waals surface area contributed by atoms with Gasteiger partial charge >= 0.3 is 0 Å². The fourth-order valence-corrected chi connectivity index (χ4v) is 1.62. The van der Waals surface area contributed by atoms with Gasteiger partial charge < -0.3 is 10.6 Å². The molecule has 0 spiro atoms. The van der Waals surface area contributed by atoms with E-state index in [1.54, 1.807) is 24.9 Å². The summed E-state index contributed by atoms with van der Waals surface area (Å²) in [6, 6.07) is 4.49. The lowest BCUT2D eigenvalue weighted by molar-refractivity contribution is 0.0739. The third-order valence-corrected chi connectivity index (χ3v) is 2.97. The molecule has 94 valence electrons. The summed E-state index contributed by atoms with van der Waals surface area (Å²) in [6.45, 7) is 4.14. The quantitative estimate of drug-likeness (QED) is 0.871. The summed E-state index contributed by atoms with van der Waals surface area (Å²) in [6.07, 6.45) is 0.752. The van der Waals surface area contributed by atoms with Gasteiger partial charge in [-0.25, -0.2) is 4.39 Å². The maximum absolute atomic E-state index is 13.1. The molecule has 1 unspecified atom stereocenters. The minimum atomic E-state index is -0.292. The highest BCUT2D eigenvalue weighted by Crippen LogP contribution is 2.13. The molecule has 17 heavy (non-hydrogen) atoms. The van der Waals surface area contributed by atoms with Gasteiger partial charge in [0.1, 0.15) is 5.82 Å². The van der Waals surface area contributed by atoms with Gasteiger partial charge in [0, 0.05) is 18.7 Å². The molecule has 1 atom stereocenters. The van der Waals surface area contributed by atoms with Gasteiger partial charge in [0.25, 0.3) is 5.91 Å². The molecule has 0 saturated carbocycles. The highest BCUT2D eigenvalue weighted by atomic mass is 19.1. The first-order chi connectivity index (χ1) is 7.97. The molecule has 0 bridgehead atoms. The Labute approximate surface area is 101 Å². The number of aryl methyl sites for hydroxylation is 1. The largest absolute Gasteiger partial charge is 0.339 e. The third-order valence-electron chi connectivity index (χ3n) is 2.97. The lowest BCUT2D eigenvalue weighted by Crippen LogP contribution is -2.36. The molecule has 1 aromatic carbocycles. The molecular weight excluding hydrogens is 219 g/mol. The van der Waals surface area contributed by atoms with E-state index in [1.807, 2.05) is 6.92 Å². The fourth-order valence-electron chi connectivity index (χ4n) is 1.62. The van der Waals surface area contributed by atoms with E-state index in [-0.39, 0.29) is 17.8 Å². The van der Waals surface area contributed by atoms with Gasteiger partial charge in [-0.1, -0.05) is 0 Å². The third kappa shape index (κ3) is 3.27. The van der Waals surface area contributed by atoms with Gasteiger partial charge in [0.2, 0.25) is 0 Å². The Morgan fingerprint density at radius 3 is 2.71 bits per heavy atom. The van der Waals surface area contributed by atoms with Gasteiger partial charge in [0.15, 0.2) is 0 Å².